The molecule has 34 heavy (non-hydrogen) atoms. The molecule has 4 nitrogen and oxygen atoms in total. The van der Waals surface area contributed by atoms with Crippen LogP contribution in [0.2, 0.25) is 0 Å². The fourth-order valence-corrected chi connectivity index (χ4v) is 4.93. The second-order valence-electron chi connectivity index (χ2n) is 8.51. The zero-order chi connectivity index (χ0) is 22.9. The Kier molecular flexibility index (Phi) is 5.55. The lowest BCUT2D eigenvalue weighted by Gasteiger charge is -2.38. The summed E-state index contributed by atoms with van der Waals surface area (Å²) in [6.07, 6.45) is 0.536. The van der Waals surface area contributed by atoms with Gasteiger partial charge in [0.15, 0.2) is 0 Å². The molecule has 0 N–H and O–H groups in total. The first kappa shape index (κ1) is 21.0. The van der Waals surface area contributed by atoms with Crippen LogP contribution in [0.4, 0.5) is 0 Å². The lowest BCUT2D eigenvalue weighted by Crippen LogP contribution is -2.33. The van der Waals surface area contributed by atoms with Crippen molar-refractivity contribution in [1.29, 1.82) is 0 Å². The third kappa shape index (κ3) is 4.08. The molecule has 6 rings (SSSR count). The Morgan fingerprint density at radius 2 is 1.62 bits per heavy atom. The van der Waals surface area contributed by atoms with E-state index in [0.717, 1.165) is 50.4 Å². The van der Waals surface area contributed by atoms with E-state index < -0.39 is 0 Å². The van der Waals surface area contributed by atoms with Crippen LogP contribution in [0.25, 0.3) is 0 Å². The van der Waals surface area contributed by atoms with Gasteiger partial charge in [0.1, 0.15) is 18.1 Å². The molecule has 0 saturated heterocycles. The van der Waals surface area contributed by atoms with Crippen LogP contribution >= 0.6 is 15.9 Å². The summed E-state index contributed by atoms with van der Waals surface area (Å²) in [6.45, 7) is 0.543. The van der Waals surface area contributed by atoms with Gasteiger partial charge in [-0.2, -0.15) is 5.10 Å². The Labute approximate surface area is 207 Å². The van der Waals surface area contributed by atoms with Gasteiger partial charge in [0.25, 0.3) is 0 Å². The summed E-state index contributed by atoms with van der Waals surface area (Å²) in [5, 5.41) is 7.15. The molecule has 0 unspecified atom stereocenters. The topological polar surface area (TPSA) is 34.1 Å². The van der Waals surface area contributed by atoms with Crippen LogP contribution in [0.5, 0.6) is 11.5 Å². The monoisotopic (exact) mass is 510 g/mol. The van der Waals surface area contributed by atoms with E-state index in [1.54, 1.807) is 0 Å². The smallest absolute Gasteiger partial charge is 0.213 e. The summed E-state index contributed by atoms with van der Waals surface area (Å²) in [5.74, 6) is 1.74. The van der Waals surface area contributed by atoms with Gasteiger partial charge >= 0.3 is 0 Å². The van der Waals surface area contributed by atoms with Crippen molar-refractivity contribution in [1.82, 2.24) is 5.01 Å². The highest BCUT2D eigenvalue weighted by Crippen LogP contribution is 2.48. The van der Waals surface area contributed by atoms with Crippen LogP contribution in [0, 0.1) is 0 Å². The number of hydrazone groups is 1. The third-order valence-corrected chi connectivity index (χ3v) is 6.77. The number of fused-ring (bicyclic) bond motifs is 3. The third-order valence-electron chi connectivity index (χ3n) is 6.27. The van der Waals surface area contributed by atoms with E-state index in [1.807, 2.05) is 48.5 Å². The van der Waals surface area contributed by atoms with E-state index in [9.17, 15) is 0 Å². The van der Waals surface area contributed by atoms with Crippen LogP contribution in [0.1, 0.15) is 40.9 Å². The van der Waals surface area contributed by atoms with Crippen molar-refractivity contribution >= 4 is 21.6 Å². The molecule has 0 amide bonds. The SMILES string of the molecule is Brc1ccc2c(c1)[C@H]1CC(c3ccccc3)=NN1[C@@H](c1ccc(OCc3ccccc3)cc1)O2. The van der Waals surface area contributed by atoms with Crippen LogP contribution < -0.4 is 9.47 Å². The summed E-state index contributed by atoms with van der Waals surface area (Å²) < 4.78 is 13.5. The average molecular weight is 511 g/mol. The lowest BCUT2D eigenvalue weighted by molar-refractivity contribution is -0.0191. The number of hydrogen-bond acceptors (Lipinski definition) is 4. The van der Waals surface area contributed by atoms with E-state index in [1.165, 1.54) is 0 Å². The van der Waals surface area contributed by atoms with Crippen LogP contribution in [0.15, 0.2) is 113 Å². The Bertz CT molecular complexity index is 1320. The molecular weight excluding hydrogens is 488 g/mol. The van der Waals surface area contributed by atoms with E-state index in [2.05, 4.69) is 75.5 Å². The van der Waals surface area contributed by atoms with Crippen molar-refractivity contribution in [2.24, 2.45) is 5.10 Å². The lowest BCUT2D eigenvalue weighted by atomic mass is 9.96. The molecule has 5 heteroatoms. The van der Waals surface area contributed by atoms with Gasteiger partial charge in [0.05, 0.1) is 11.8 Å². The molecule has 4 aromatic rings. The van der Waals surface area contributed by atoms with Crippen molar-refractivity contribution in [3.05, 3.63) is 130 Å². The average Bonchev–Trinajstić information content (AvgIpc) is 3.35. The second kappa shape index (κ2) is 8.99. The molecule has 0 radical (unpaired) electrons. The fourth-order valence-electron chi connectivity index (χ4n) is 4.55. The Morgan fingerprint density at radius 3 is 2.38 bits per heavy atom. The summed E-state index contributed by atoms with van der Waals surface area (Å²) in [7, 11) is 0. The van der Waals surface area contributed by atoms with Crippen LogP contribution in [-0.2, 0) is 6.61 Å². The first-order chi connectivity index (χ1) is 16.7. The van der Waals surface area contributed by atoms with Gasteiger partial charge in [-0.05, 0) is 53.6 Å². The predicted molar refractivity (Wildman–Crippen MR) is 137 cm³/mol. The quantitative estimate of drug-likeness (QED) is 0.283. The highest BCUT2D eigenvalue weighted by Gasteiger charge is 2.41. The Morgan fingerprint density at radius 1 is 0.882 bits per heavy atom. The molecule has 0 aromatic heterocycles. The molecule has 2 atom stereocenters. The standard InChI is InChI=1S/C29H23BrN2O2/c30-23-13-16-28-25(17-23)27-18-26(21-9-5-2-6-10-21)31-32(27)29(34-28)22-11-14-24(15-12-22)33-19-20-7-3-1-4-8-20/h1-17,27,29H,18-19H2/t27-,29-/m1/s1. The molecule has 0 spiro atoms. The summed E-state index contributed by atoms with van der Waals surface area (Å²) in [5.41, 5.74) is 5.58. The van der Waals surface area contributed by atoms with Crippen LogP contribution in [-0.4, -0.2) is 10.7 Å². The maximum absolute atomic E-state index is 6.50. The minimum Gasteiger partial charge on any atom is -0.489 e. The molecule has 2 heterocycles. The number of hydrogen-bond donors (Lipinski definition) is 0. The minimum atomic E-state index is -0.303. The van der Waals surface area contributed by atoms with Crippen molar-refractivity contribution in [2.75, 3.05) is 0 Å². The number of benzene rings is 4. The normalized spacial score (nSPS) is 18.5. The van der Waals surface area contributed by atoms with Gasteiger partial charge in [-0.15, -0.1) is 0 Å². The number of nitrogens with zero attached hydrogens (tertiary/aromatic N) is 2. The van der Waals surface area contributed by atoms with Crippen molar-refractivity contribution in [3.8, 4) is 11.5 Å². The zero-order valence-electron chi connectivity index (χ0n) is 18.5. The first-order valence-corrected chi connectivity index (χ1v) is 12.2. The highest BCUT2D eigenvalue weighted by molar-refractivity contribution is 9.10. The predicted octanol–water partition coefficient (Wildman–Crippen LogP) is 7.27. The molecule has 0 bridgehead atoms. The van der Waals surface area contributed by atoms with Crippen LogP contribution in [0.3, 0.4) is 0 Å². The van der Waals surface area contributed by atoms with E-state index >= 15 is 0 Å². The van der Waals surface area contributed by atoms with Gasteiger partial charge in [-0.25, -0.2) is 5.01 Å². The summed E-state index contributed by atoms with van der Waals surface area (Å²) in [4.78, 5) is 0. The molecule has 0 fully saturated rings. The van der Waals surface area contributed by atoms with Crippen molar-refractivity contribution in [2.45, 2.75) is 25.3 Å². The number of rotatable bonds is 5. The number of ether oxygens (including phenoxy) is 2. The van der Waals surface area contributed by atoms with E-state index in [4.69, 9.17) is 14.6 Å². The van der Waals surface area contributed by atoms with Crippen molar-refractivity contribution in [3.63, 3.8) is 0 Å². The fraction of sp³-hybridized carbons (Fsp3) is 0.138. The first-order valence-electron chi connectivity index (χ1n) is 11.4. The number of halogens is 1. The van der Waals surface area contributed by atoms with Gasteiger partial charge in [-0.1, -0.05) is 76.6 Å². The summed E-state index contributed by atoms with van der Waals surface area (Å²) in [6, 6.07) is 35.1. The molecule has 2 aliphatic rings. The van der Waals surface area contributed by atoms with E-state index in [0.29, 0.717) is 6.61 Å². The highest BCUT2D eigenvalue weighted by atomic mass is 79.9. The van der Waals surface area contributed by atoms with Crippen molar-refractivity contribution < 1.29 is 9.47 Å². The van der Waals surface area contributed by atoms with Gasteiger partial charge < -0.3 is 9.47 Å². The molecule has 0 saturated carbocycles. The zero-order valence-corrected chi connectivity index (χ0v) is 20.1. The second-order valence-corrected chi connectivity index (χ2v) is 9.42. The summed E-state index contributed by atoms with van der Waals surface area (Å²) >= 11 is 3.62. The maximum atomic E-state index is 6.50. The maximum Gasteiger partial charge on any atom is 0.213 e. The molecule has 0 aliphatic carbocycles. The molecular formula is C29H23BrN2O2. The van der Waals surface area contributed by atoms with E-state index in [-0.39, 0.29) is 12.3 Å². The Hall–Kier alpha value is -3.57. The molecule has 4 aromatic carbocycles. The van der Waals surface area contributed by atoms with Gasteiger partial charge in [-0.3, -0.25) is 0 Å². The largest absolute Gasteiger partial charge is 0.489 e. The van der Waals surface area contributed by atoms with Gasteiger partial charge in [0, 0.05) is 22.0 Å². The molecule has 168 valence electrons. The minimum absolute atomic E-state index is 0.121. The van der Waals surface area contributed by atoms with Gasteiger partial charge in [0.2, 0.25) is 6.23 Å². The Balaban J connectivity index is 1.29. The molecule has 2 aliphatic heterocycles.